The number of aliphatic hydroxyl groups excluding tert-OH is 1. The van der Waals surface area contributed by atoms with Crippen LogP contribution >= 0.6 is 15.9 Å². The van der Waals surface area contributed by atoms with Crippen molar-refractivity contribution in [3.8, 4) is 0 Å². The summed E-state index contributed by atoms with van der Waals surface area (Å²) in [5.74, 6) is -0.0821. The van der Waals surface area contributed by atoms with Crippen LogP contribution in [0.3, 0.4) is 0 Å². The quantitative estimate of drug-likeness (QED) is 0.875. The Hall–Kier alpha value is -0.940. The smallest absolute Gasteiger partial charge is 0.255 e. The van der Waals surface area contributed by atoms with E-state index < -0.39 is 0 Å². The van der Waals surface area contributed by atoms with Gasteiger partial charge in [-0.25, -0.2) is 0 Å². The Morgan fingerprint density at radius 2 is 2.24 bits per heavy atom. The molecule has 0 bridgehead atoms. The average molecular weight is 301 g/mol. The monoisotopic (exact) mass is 300 g/mol. The largest absolute Gasteiger partial charge is 0.395 e. The van der Waals surface area contributed by atoms with E-state index in [1.165, 1.54) is 0 Å². The lowest BCUT2D eigenvalue weighted by Crippen LogP contribution is -2.34. The highest BCUT2D eigenvalue weighted by Gasteiger charge is 2.15. The molecule has 94 valence electrons. The zero-order chi connectivity index (χ0) is 12.7. The standard InChI is InChI=1S/C12H17BrN2O2/c1-2-3-4-15(5-6-16)12(17)10-7-11(13)9-14-8-10/h7-9,16H,2-6H2,1H3. The van der Waals surface area contributed by atoms with E-state index in [2.05, 4.69) is 27.8 Å². The maximum absolute atomic E-state index is 12.1. The first-order valence-corrected chi connectivity index (χ1v) is 6.49. The molecule has 0 aliphatic rings. The molecule has 0 aliphatic carbocycles. The van der Waals surface area contributed by atoms with Crippen molar-refractivity contribution >= 4 is 21.8 Å². The first-order valence-electron chi connectivity index (χ1n) is 5.69. The molecule has 0 aliphatic heterocycles. The van der Waals surface area contributed by atoms with E-state index >= 15 is 0 Å². The molecule has 0 unspecified atom stereocenters. The highest BCUT2D eigenvalue weighted by atomic mass is 79.9. The van der Waals surface area contributed by atoms with Crippen molar-refractivity contribution in [2.75, 3.05) is 19.7 Å². The molecular formula is C12H17BrN2O2. The number of amides is 1. The van der Waals surface area contributed by atoms with Gasteiger partial charge in [0.05, 0.1) is 12.2 Å². The third-order valence-corrected chi connectivity index (χ3v) is 2.82. The predicted octanol–water partition coefficient (Wildman–Crippen LogP) is 2.08. The van der Waals surface area contributed by atoms with Crippen LogP contribution in [0.2, 0.25) is 0 Å². The molecule has 0 saturated heterocycles. The second kappa shape index (κ2) is 7.40. The Morgan fingerprint density at radius 1 is 1.47 bits per heavy atom. The van der Waals surface area contributed by atoms with E-state index in [-0.39, 0.29) is 12.5 Å². The van der Waals surface area contributed by atoms with Gasteiger partial charge in [0.1, 0.15) is 0 Å². The summed E-state index contributed by atoms with van der Waals surface area (Å²) in [7, 11) is 0. The van der Waals surface area contributed by atoms with Crippen molar-refractivity contribution in [1.29, 1.82) is 0 Å². The van der Waals surface area contributed by atoms with Crippen molar-refractivity contribution in [2.24, 2.45) is 0 Å². The number of hydrogen-bond acceptors (Lipinski definition) is 3. The number of halogens is 1. The number of hydrogen-bond donors (Lipinski definition) is 1. The summed E-state index contributed by atoms with van der Waals surface area (Å²) in [5, 5.41) is 8.97. The third kappa shape index (κ3) is 4.44. The lowest BCUT2D eigenvalue weighted by molar-refractivity contribution is 0.0719. The Morgan fingerprint density at radius 3 is 2.82 bits per heavy atom. The number of pyridine rings is 1. The fraction of sp³-hybridized carbons (Fsp3) is 0.500. The van der Waals surface area contributed by atoms with Crippen LogP contribution in [-0.4, -0.2) is 40.6 Å². The molecule has 1 heterocycles. The molecule has 1 aromatic heterocycles. The van der Waals surface area contributed by atoms with Crippen LogP contribution in [0.4, 0.5) is 0 Å². The molecule has 0 radical (unpaired) electrons. The molecule has 4 nitrogen and oxygen atoms in total. The van der Waals surface area contributed by atoms with Gasteiger partial charge in [0.25, 0.3) is 5.91 Å². The minimum atomic E-state index is -0.0821. The molecule has 5 heteroatoms. The fourth-order valence-electron chi connectivity index (χ4n) is 1.50. The first kappa shape index (κ1) is 14.1. The van der Waals surface area contributed by atoms with E-state index in [0.717, 1.165) is 17.3 Å². The van der Waals surface area contributed by atoms with E-state index in [1.807, 2.05) is 0 Å². The van der Waals surface area contributed by atoms with Crippen LogP contribution < -0.4 is 0 Å². The zero-order valence-electron chi connectivity index (χ0n) is 9.90. The van der Waals surface area contributed by atoms with Crippen LogP contribution in [0.1, 0.15) is 30.1 Å². The topological polar surface area (TPSA) is 53.4 Å². The summed E-state index contributed by atoms with van der Waals surface area (Å²) in [5.41, 5.74) is 0.545. The molecule has 0 saturated carbocycles. The first-order chi connectivity index (χ1) is 8.19. The SMILES string of the molecule is CCCCN(CCO)C(=O)c1cncc(Br)c1. The van der Waals surface area contributed by atoms with Gasteiger partial charge in [-0.2, -0.15) is 0 Å². The van der Waals surface area contributed by atoms with Crippen molar-refractivity contribution in [1.82, 2.24) is 9.88 Å². The lowest BCUT2D eigenvalue weighted by atomic mass is 10.2. The lowest BCUT2D eigenvalue weighted by Gasteiger charge is -2.21. The van der Waals surface area contributed by atoms with Gasteiger partial charge in [-0.3, -0.25) is 9.78 Å². The Bertz CT molecular complexity index is 371. The van der Waals surface area contributed by atoms with Gasteiger partial charge in [0, 0.05) is 30.0 Å². The molecule has 0 aromatic carbocycles. The number of unbranched alkanes of at least 4 members (excludes halogenated alkanes) is 1. The van der Waals surface area contributed by atoms with Crippen molar-refractivity contribution in [2.45, 2.75) is 19.8 Å². The molecule has 1 amide bonds. The number of aliphatic hydroxyl groups is 1. The number of carbonyl (C=O) groups excluding carboxylic acids is 1. The highest BCUT2D eigenvalue weighted by molar-refractivity contribution is 9.10. The number of aromatic nitrogens is 1. The summed E-state index contributed by atoms with van der Waals surface area (Å²) in [4.78, 5) is 17.8. The van der Waals surface area contributed by atoms with Crippen molar-refractivity contribution in [3.63, 3.8) is 0 Å². The number of nitrogens with zero attached hydrogens (tertiary/aromatic N) is 2. The van der Waals surface area contributed by atoms with E-state index in [1.54, 1.807) is 23.4 Å². The van der Waals surface area contributed by atoms with Gasteiger partial charge in [0.15, 0.2) is 0 Å². The minimum absolute atomic E-state index is 0.0170. The molecule has 17 heavy (non-hydrogen) atoms. The average Bonchev–Trinajstić information content (AvgIpc) is 2.33. The summed E-state index contributed by atoms with van der Waals surface area (Å²) in [6, 6.07) is 1.74. The molecule has 1 rings (SSSR count). The molecule has 1 aromatic rings. The summed E-state index contributed by atoms with van der Waals surface area (Å²) in [6.45, 7) is 3.09. The molecular weight excluding hydrogens is 284 g/mol. The fourth-order valence-corrected chi connectivity index (χ4v) is 1.86. The summed E-state index contributed by atoms with van der Waals surface area (Å²) >= 11 is 3.29. The maximum atomic E-state index is 12.1. The van der Waals surface area contributed by atoms with Crippen LogP contribution in [0.15, 0.2) is 22.9 Å². The Labute approximate surface area is 110 Å². The second-order valence-electron chi connectivity index (χ2n) is 3.76. The summed E-state index contributed by atoms with van der Waals surface area (Å²) < 4.78 is 0.780. The minimum Gasteiger partial charge on any atom is -0.395 e. The van der Waals surface area contributed by atoms with E-state index in [9.17, 15) is 4.79 Å². The van der Waals surface area contributed by atoms with Gasteiger partial charge >= 0.3 is 0 Å². The van der Waals surface area contributed by atoms with Gasteiger partial charge in [-0.1, -0.05) is 13.3 Å². The molecule has 0 atom stereocenters. The third-order valence-electron chi connectivity index (χ3n) is 2.39. The van der Waals surface area contributed by atoms with Crippen LogP contribution in [-0.2, 0) is 0 Å². The number of carbonyl (C=O) groups is 1. The Balaban J connectivity index is 2.76. The maximum Gasteiger partial charge on any atom is 0.255 e. The second-order valence-corrected chi connectivity index (χ2v) is 4.68. The van der Waals surface area contributed by atoms with Crippen LogP contribution in [0.25, 0.3) is 0 Å². The number of rotatable bonds is 6. The summed E-state index contributed by atoms with van der Waals surface area (Å²) in [6.07, 6.45) is 5.14. The molecule has 1 N–H and O–H groups in total. The molecule has 0 fully saturated rings. The van der Waals surface area contributed by atoms with Crippen molar-refractivity contribution in [3.05, 3.63) is 28.5 Å². The Kier molecular flexibility index (Phi) is 6.15. The normalized spacial score (nSPS) is 10.3. The van der Waals surface area contributed by atoms with Gasteiger partial charge in [-0.05, 0) is 28.4 Å². The van der Waals surface area contributed by atoms with Crippen LogP contribution in [0, 0.1) is 0 Å². The van der Waals surface area contributed by atoms with Gasteiger partial charge in [-0.15, -0.1) is 0 Å². The predicted molar refractivity (Wildman–Crippen MR) is 69.8 cm³/mol. The van der Waals surface area contributed by atoms with Gasteiger partial charge in [0.2, 0.25) is 0 Å². The highest BCUT2D eigenvalue weighted by Crippen LogP contribution is 2.12. The van der Waals surface area contributed by atoms with Crippen molar-refractivity contribution < 1.29 is 9.90 Å². The molecule has 0 spiro atoms. The zero-order valence-corrected chi connectivity index (χ0v) is 11.5. The van der Waals surface area contributed by atoms with Crippen LogP contribution in [0.5, 0.6) is 0 Å². The van der Waals surface area contributed by atoms with E-state index in [4.69, 9.17) is 5.11 Å². The van der Waals surface area contributed by atoms with E-state index in [0.29, 0.717) is 18.7 Å². The van der Waals surface area contributed by atoms with Gasteiger partial charge < -0.3 is 10.0 Å².